The summed E-state index contributed by atoms with van der Waals surface area (Å²) in [5.41, 5.74) is 15.5. The monoisotopic (exact) mass is 471 g/mol. The Bertz CT molecular complexity index is 1450. The molecule has 8 nitrogen and oxygen atoms in total. The van der Waals surface area contributed by atoms with Crippen molar-refractivity contribution in [1.82, 2.24) is 9.88 Å². The summed E-state index contributed by atoms with van der Waals surface area (Å²) in [6, 6.07) is 9.68. The summed E-state index contributed by atoms with van der Waals surface area (Å²) in [6.07, 6.45) is 4.31. The molecule has 2 aliphatic heterocycles. The number of hydrogen-bond donors (Lipinski definition) is 5. The third kappa shape index (κ3) is 2.37. The zero-order chi connectivity index (χ0) is 23.7. The quantitative estimate of drug-likeness (QED) is 0.294. The summed E-state index contributed by atoms with van der Waals surface area (Å²) >= 11 is 0. The van der Waals surface area contributed by atoms with E-state index in [-0.39, 0.29) is 23.9 Å². The SMILES string of the molecule is NC(N)=Nc1ccc2c3c([nH]c2c1)C1Oc2c(O)ccc4c2[C@@]12CCN(CC1CC1)[C@H](C4)[C@]2(O)C3. The Morgan fingerprint density at radius 3 is 2.89 bits per heavy atom. The summed E-state index contributed by atoms with van der Waals surface area (Å²) in [6.45, 7) is 1.99. The van der Waals surface area contributed by atoms with E-state index in [0.717, 1.165) is 59.6 Å². The number of fused-ring (bicyclic) bond motifs is 4. The van der Waals surface area contributed by atoms with Crippen LogP contribution in [0.1, 0.15) is 47.8 Å². The molecule has 1 saturated heterocycles. The molecular weight excluding hydrogens is 442 g/mol. The van der Waals surface area contributed by atoms with E-state index in [4.69, 9.17) is 16.2 Å². The zero-order valence-corrected chi connectivity index (χ0v) is 19.4. The van der Waals surface area contributed by atoms with Gasteiger partial charge in [0.2, 0.25) is 0 Å². The number of nitrogens with two attached hydrogens (primary N) is 2. The van der Waals surface area contributed by atoms with Crippen LogP contribution in [-0.4, -0.2) is 50.8 Å². The molecule has 2 aromatic carbocycles. The Hall–Kier alpha value is -3.23. The van der Waals surface area contributed by atoms with Crippen LogP contribution >= 0.6 is 0 Å². The van der Waals surface area contributed by atoms with Crippen molar-refractivity contribution < 1.29 is 14.9 Å². The first-order valence-electron chi connectivity index (χ1n) is 12.6. The van der Waals surface area contributed by atoms with Gasteiger partial charge in [0.05, 0.1) is 22.4 Å². The molecular formula is C27H29N5O3. The predicted molar refractivity (Wildman–Crippen MR) is 132 cm³/mol. The lowest BCUT2D eigenvalue weighted by Crippen LogP contribution is -2.74. The van der Waals surface area contributed by atoms with E-state index >= 15 is 0 Å². The molecule has 5 aliphatic rings. The van der Waals surface area contributed by atoms with Crippen molar-refractivity contribution in [2.24, 2.45) is 22.4 Å². The molecule has 1 unspecified atom stereocenters. The topological polar surface area (TPSA) is 133 Å². The third-order valence-corrected chi connectivity index (χ3v) is 9.40. The molecule has 0 amide bonds. The first kappa shape index (κ1) is 20.0. The van der Waals surface area contributed by atoms with Crippen LogP contribution < -0.4 is 16.2 Å². The van der Waals surface area contributed by atoms with Gasteiger partial charge in [-0.15, -0.1) is 0 Å². The highest BCUT2D eigenvalue weighted by Crippen LogP contribution is 2.69. The number of benzene rings is 2. The lowest BCUT2D eigenvalue weighted by atomic mass is 9.49. The maximum Gasteiger partial charge on any atom is 0.191 e. The zero-order valence-electron chi connectivity index (χ0n) is 19.4. The van der Waals surface area contributed by atoms with Gasteiger partial charge in [-0.1, -0.05) is 12.1 Å². The number of ether oxygens (including phenoxy) is 1. The number of rotatable bonds is 3. The lowest BCUT2D eigenvalue weighted by molar-refractivity contribution is -0.173. The van der Waals surface area contributed by atoms with Gasteiger partial charge >= 0.3 is 0 Å². The second-order valence-electron chi connectivity index (χ2n) is 11.2. The van der Waals surface area contributed by atoms with E-state index in [1.807, 2.05) is 24.3 Å². The summed E-state index contributed by atoms with van der Waals surface area (Å²) in [4.78, 5) is 10.4. The minimum Gasteiger partial charge on any atom is -0.504 e. The number of phenols is 1. The predicted octanol–water partition coefficient (Wildman–Crippen LogP) is 2.48. The van der Waals surface area contributed by atoms with Crippen molar-refractivity contribution in [1.29, 1.82) is 0 Å². The van der Waals surface area contributed by atoms with Crippen molar-refractivity contribution >= 4 is 22.5 Å². The fourth-order valence-corrected chi connectivity index (χ4v) is 7.84. The van der Waals surface area contributed by atoms with Crippen molar-refractivity contribution in [3.05, 3.63) is 52.7 Å². The Balaban J connectivity index is 1.37. The number of aliphatic hydroxyl groups is 1. The molecule has 1 saturated carbocycles. The summed E-state index contributed by atoms with van der Waals surface area (Å²) in [5, 5.41) is 24.7. The van der Waals surface area contributed by atoms with Gasteiger partial charge < -0.3 is 31.4 Å². The average Bonchev–Trinajstić information content (AvgIpc) is 3.45. The summed E-state index contributed by atoms with van der Waals surface area (Å²) in [7, 11) is 0. The van der Waals surface area contributed by atoms with Gasteiger partial charge in [0, 0.05) is 35.5 Å². The highest BCUT2D eigenvalue weighted by atomic mass is 16.5. The maximum atomic E-state index is 12.8. The molecule has 4 atom stereocenters. The van der Waals surface area contributed by atoms with Gasteiger partial charge in [-0.05, 0) is 67.5 Å². The van der Waals surface area contributed by atoms with Gasteiger partial charge in [0.25, 0.3) is 0 Å². The van der Waals surface area contributed by atoms with E-state index in [9.17, 15) is 10.2 Å². The van der Waals surface area contributed by atoms with Crippen molar-refractivity contribution in [3.8, 4) is 11.5 Å². The van der Waals surface area contributed by atoms with Crippen molar-refractivity contribution in [2.75, 3.05) is 13.1 Å². The van der Waals surface area contributed by atoms with Crippen LogP contribution in [0, 0.1) is 5.92 Å². The summed E-state index contributed by atoms with van der Waals surface area (Å²) in [5.74, 6) is 1.47. The number of nitrogens with one attached hydrogen (secondary N) is 1. The number of aromatic amines is 1. The van der Waals surface area contributed by atoms with Gasteiger partial charge in [-0.3, -0.25) is 4.90 Å². The van der Waals surface area contributed by atoms with Crippen LogP contribution in [0.3, 0.4) is 0 Å². The van der Waals surface area contributed by atoms with E-state index in [2.05, 4.69) is 14.9 Å². The Morgan fingerprint density at radius 1 is 1.23 bits per heavy atom. The largest absolute Gasteiger partial charge is 0.504 e. The highest BCUT2D eigenvalue weighted by Gasteiger charge is 2.72. The van der Waals surface area contributed by atoms with Crippen LogP contribution in [0.15, 0.2) is 35.3 Å². The smallest absolute Gasteiger partial charge is 0.191 e. The molecule has 8 heteroatoms. The Labute approximate surface area is 202 Å². The molecule has 3 aliphatic carbocycles. The molecule has 8 rings (SSSR count). The standard InChI is InChI=1S/C27H29N5O3/c28-25(29)30-15-4-5-16-17-11-27(34)20-9-14-3-6-19(33)23-21(14)26(27,7-8-32(20)12-13-1-2-13)24(35-23)22(17)31-18(16)10-15/h3-6,10,13,20,24,31,33-34H,1-2,7-9,11-12H2,(H4,28,29,30)/t20-,24?,26+,27-/m1/s1. The van der Waals surface area contributed by atoms with Gasteiger partial charge in [-0.2, -0.15) is 0 Å². The Kier molecular flexibility index (Phi) is 3.60. The van der Waals surface area contributed by atoms with Crippen LogP contribution in [0.5, 0.6) is 11.5 Å². The maximum absolute atomic E-state index is 12.8. The van der Waals surface area contributed by atoms with Crippen LogP contribution in [0.2, 0.25) is 0 Å². The first-order chi connectivity index (χ1) is 16.9. The molecule has 2 fully saturated rings. The first-order valence-corrected chi connectivity index (χ1v) is 12.6. The molecule has 3 aromatic rings. The summed E-state index contributed by atoms with van der Waals surface area (Å²) < 4.78 is 6.63. The molecule has 2 bridgehead atoms. The van der Waals surface area contributed by atoms with Gasteiger partial charge in [0.15, 0.2) is 23.6 Å². The molecule has 180 valence electrons. The second-order valence-corrected chi connectivity index (χ2v) is 11.2. The lowest BCUT2D eigenvalue weighted by Gasteiger charge is -2.62. The van der Waals surface area contributed by atoms with Crippen molar-refractivity contribution in [2.45, 2.75) is 55.3 Å². The molecule has 7 N–H and O–H groups in total. The number of aliphatic imine (C=N–C) groups is 1. The minimum atomic E-state index is -0.989. The number of aromatic hydroxyl groups is 1. The van der Waals surface area contributed by atoms with Crippen LogP contribution in [0.25, 0.3) is 10.9 Å². The second kappa shape index (κ2) is 6.30. The molecule has 1 aromatic heterocycles. The molecule has 0 radical (unpaired) electrons. The number of guanidine groups is 1. The fraction of sp³-hybridized carbons (Fsp3) is 0.444. The van der Waals surface area contributed by atoms with E-state index in [0.29, 0.717) is 17.9 Å². The van der Waals surface area contributed by atoms with E-state index in [1.54, 1.807) is 6.07 Å². The number of phenolic OH excluding ortho intramolecular Hbond substituents is 1. The van der Waals surface area contributed by atoms with Crippen molar-refractivity contribution in [3.63, 3.8) is 0 Å². The van der Waals surface area contributed by atoms with Gasteiger partial charge in [-0.25, -0.2) is 4.99 Å². The van der Waals surface area contributed by atoms with Crippen LogP contribution in [0.4, 0.5) is 5.69 Å². The number of aromatic nitrogens is 1. The van der Waals surface area contributed by atoms with Crippen LogP contribution in [-0.2, 0) is 18.3 Å². The average molecular weight is 472 g/mol. The fourth-order valence-electron chi connectivity index (χ4n) is 7.84. The third-order valence-electron chi connectivity index (χ3n) is 9.40. The van der Waals surface area contributed by atoms with E-state index in [1.165, 1.54) is 18.4 Å². The van der Waals surface area contributed by atoms with E-state index < -0.39 is 11.0 Å². The van der Waals surface area contributed by atoms with Gasteiger partial charge in [0.1, 0.15) is 0 Å². The number of hydrogen-bond acceptors (Lipinski definition) is 5. The number of H-pyrrole nitrogens is 1. The normalized spacial score (nSPS) is 32.1. The number of likely N-dealkylation sites (tertiary alicyclic amines) is 1. The highest BCUT2D eigenvalue weighted by molar-refractivity contribution is 5.89. The number of nitrogens with zero attached hydrogens (tertiary/aromatic N) is 2. The molecule has 35 heavy (non-hydrogen) atoms. The Morgan fingerprint density at radius 2 is 2.09 bits per heavy atom. The minimum absolute atomic E-state index is 0.0158. The molecule has 3 heterocycles. The molecule has 1 spiro atoms. The number of piperidine rings is 1.